The van der Waals surface area contributed by atoms with Crippen LogP contribution >= 0.6 is 0 Å². The van der Waals surface area contributed by atoms with Crippen LogP contribution in [0, 0.1) is 0 Å². The number of nitrogens with one attached hydrogen (secondary N) is 3. The predicted octanol–water partition coefficient (Wildman–Crippen LogP) is 3.33. The molecular formula is C22H30N4O2. The number of benzene rings is 1. The number of aromatic nitrogens is 1. The second-order valence-corrected chi connectivity index (χ2v) is 8.10. The highest BCUT2D eigenvalue weighted by molar-refractivity contribution is 5.89. The van der Waals surface area contributed by atoms with Crippen LogP contribution in [0.5, 0.6) is 0 Å². The van der Waals surface area contributed by atoms with Crippen LogP contribution in [0.4, 0.5) is 4.79 Å². The van der Waals surface area contributed by atoms with Gasteiger partial charge in [0.1, 0.15) is 6.04 Å². The number of rotatable bonds is 5. The first kappa shape index (κ1) is 18.8. The third-order valence-electron chi connectivity index (χ3n) is 6.06. The molecule has 3 amide bonds. The van der Waals surface area contributed by atoms with Gasteiger partial charge in [-0.25, -0.2) is 4.79 Å². The van der Waals surface area contributed by atoms with Crippen LogP contribution in [0.25, 0.3) is 10.9 Å². The summed E-state index contributed by atoms with van der Waals surface area (Å²) in [4.78, 5) is 30.9. The van der Waals surface area contributed by atoms with Gasteiger partial charge in [0.15, 0.2) is 0 Å². The molecule has 1 aromatic carbocycles. The molecule has 1 aliphatic heterocycles. The third-order valence-corrected chi connectivity index (χ3v) is 6.06. The van der Waals surface area contributed by atoms with Gasteiger partial charge in [0.05, 0.1) is 0 Å². The maximum atomic E-state index is 13.1. The van der Waals surface area contributed by atoms with Crippen molar-refractivity contribution in [2.75, 3.05) is 13.1 Å². The Morgan fingerprint density at radius 2 is 1.82 bits per heavy atom. The van der Waals surface area contributed by atoms with Gasteiger partial charge in [-0.3, -0.25) is 4.79 Å². The number of carbonyl (C=O) groups is 2. The molecule has 1 aromatic heterocycles. The SMILES string of the molecule is O=C(NC1CCCCC1)N[C@@H](Cc1c[nH]c2ccccc12)C(=O)N1CCCC1. The summed E-state index contributed by atoms with van der Waals surface area (Å²) in [6, 6.07) is 7.54. The highest BCUT2D eigenvalue weighted by atomic mass is 16.2. The van der Waals surface area contributed by atoms with E-state index in [0.717, 1.165) is 68.1 Å². The predicted molar refractivity (Wildman–Crippen MR) is 110 cm³/mol. The van der Waals surface area contributed by atoms with E-state index < -0.39 is 6.04 Å². The second-order valence-electron chi connectivity index (χ2n) is 8.10. The Morgan fingerprint density at radius 1 is 1.07 bits per heavy atom. The molecule has 4 rings (SSSR count). The van der Waals surface area contributed by atoms with Gasteiger partial charge in [-0.05, 0) is 37.3 Å². The summed E-state index contributed by atoms with van der Waals surface area (Å²) in [6.07, 6.45) is 10.2. The topological polar surface area (TPSA) is 77.2 Å². The van der Waals surface area contributed by atoms with Crippen molar-refractivity contribution >= 4 is 22.8 Å². The molecule has 3 N–H and O–H groups in total. The second kappa shape index (κ2) is 8.67. The molecule has 0 radical (unpaired) electrons. The number of fused-ring (bicyclic) bond motifs is 1. The molecule has 1 saturated carbocycles. The number of nitrogens with zero attached hydrogens (tertiary/aromatic N) is 1. The maximum absolute atomic E-state index is 13.1. The molecule has 2 aromatic rings. The van der Waals surface area contributed by atoms with E-state index in [0.29, 0.717) is 6.42 Å². The number of aromatic amines is 1. The summed E-state index contributed by atoms with van der Waals surface area (Å²) < 4.78 is 0. The first-order valence-electron chi connectivity index (χ1n) is 10.6. The Balaban J connectivity index is 1.48. The molecule has 6 heteroatoms. The number of para-hydroxylation sites is 1. The average Bonchev–Trinajstić information content (AvgIpc) is 3.38. The average molecular weight is 383 g/mol. The zero-order chi connectivity index (χ0) is 19.3. The fourth-order valence-electron chi connectivity index (χ4n) is 4.51. The van der Waals surface area contributed by atoms with Gasteiger partial charge < -0.3 is 20.5 Å². The highest BCUT2D eigenvalue weighted by Crippen LogP contribution is 2.21. The maximum Gasteiger partial charge on any atom is 0.315 e. The minimum absolute atomic E-state index is 0.0292. The number of urea groups is 1. The molecule has 0 spiro atoms. The van der Waals surface area contributed by atoms with E-state index >= 15 is 0 Å². The lowest BCUT2D eigenvalue weighted by molar-refractivity contribution is -0.132. The van der Waals surface area contributed by atoms with Crippen LogP contribution in [-0.2, 0) is 11.2 Å². The van der Waals surface area contributed by atoms with Gasteiger partial charge in [-0.1, -0.05) is 37.5 Å². The van der Waals surface area contributed by atoms with E-state index in [1.54, 1.807) is 0 Å². The van der Waals surface area contributed by atoms with E-state index in [2.05, 4.69) is 21.7 Å². The van der Waals surface area contributed by atoms with Crippen molar-refractivity contribution < 1.29 is 9.59 Å². The van der Waals surface area contributed by atoms with E-state index in [1.165, 1.54) is 6.42 Å². The molecular weight excluding hydrogens is 352 g/mol. The Hall–Kier alpha value is -2.50. The molecule has 6 nitrogen and oxygen atoms in total. The van der Waals surface area contributed by atoms with Crippen molar-refractivity contribution in [2.24, 2.45) is 0 Å². The lowest BCUT2D eigenvalue weighted by atomic mass is 9.96. The molecule has 2 aliphatic rings. The lowest BCUT2D eigenvalue weighted by Gasteiger charge is -2.27. The van der Waals surface area contributed by atoms with Crippen LogP contribution in [0.15, 0.2) is 30.5 Å². The van der Waals surface area contributed by atoms with Crippen LogP contribution in [0.2, 0.25) is 0 Å². The van der Waals surface area contributed by atoms with E-state index in [-0.39, 0.29) is 18.0 Å². The molecule has 1 atom stereocenters. The normalized spacial score (nSPS) is 18.9. The summed E-state index contributed by atoms with van der Waals surface area (Å²) in [7, 11) is 0. The molecule has 1 aliphatic carbocycles. The molecule has 28 heavy (non-hydrogen) atoms. The molecule has 0 bridgehead atoms. The quantitative estimate of drug-likeness (QED) is 0.742. The lowest BCUT2D eigenvalue weighted by Crippen LogP contribution is -2.53. The van der Waals surface area contributed by atoms with Crippen molar-refractivity contribution in [2.45, 2.75) is 63.5 Å². The van der Waals surface area contributed by atoms with Gasteiger partial charge in [-0.15, -0.1) is 0 Å². The smallest absolute Gasteiger partial charge is 0.315 e. The Bertz CT molecular complexity index is 819. The highest BCUT2D eigenvalue weighted by Gasteiger charge is 2.29. The van der Waals surface area contributed by atoms with Gasteiger partial charge in [-0.2, -0.15) is 0 Å². The summed E-state index contributed by atoms with van der Waals surface area (Å²) in [5.74, 6) is 0.0292. The Morgan fingerprint density at radius 3 is 2.61 bits per heavy atom. The first-order valence-corrected chi connectivity index (χ1v) is 10.6. The minimum Gasteiger partial charge on any atom is -0.361 e. The summed E-state index contributed by atoms with van der Waals surface area (Å²) in [6.45, 7) is 1.57. The Labute approximate surface area is 166 Å². The van der Waals surface area contributed by atoms with Gasteiger partial charge >= 0.3 is 6.03 Å². The third kappa shape index (κ3) is 4.32. The minimum atomic E-state index is -0.541. The number of carbonyl (C=O) groups excluding carboxylic acids is 2. The number of amides is 3. The zero-order valence-electron chi connectivity index (χ0n) is 16.4. The summed E-state index contributed by atoms with van der Waals surface area (Å²) >= 11 is 0. The fraction of sp³-hybridized carbons (Fsp3) is 0.545. The van der Waals surface area contributed by atoms with Crippen molar-refractivity contribution in [3.8, 4) is 0 Å². The number of hydrogen-bond acceptors (Lipinski definition) is 2. The molecule has 2 heterocycles. The van der Waals surface area contributed by atoms with E-state index in [1.807, 2.05) is 29.3 Å². The molecule has 2 fully saturated rings. The number of H-pyrrole nitrogens is 1. The van der Waals surface area contributed by atoms with Gasteiger partial charge in [0.2, 0.25) is 5.91 Å². The fourth-order valence-corrected chi connectivity index (χ4v) is 4.51. The number of likely N-dealkylation sites (tertiary alicyclic amines) is 1. The summed E-state index contributed by atoms with van der Waals surface area (Å²) in [5.41, 5.74) is 2.11. The first-order chi connectivity index (χ1) is 13.7. The van der Waals surface area contributed by atoms with Crippen LogP contribution in [0.1, 0.15) is 50.5 Å². The molecule has 0 unspecified atom stereocenters. The summed E-state index contributed by atoms with van der Waals surface area (Å²) in [5, 5.41) is 7.18. The van der Waals surface area contributed by atoms with Crippen molar-refractivity contribution in [3.63, 3.8) is 0 Å². The van der Waals surface area contributed by atoms with Gasteiger partial charge in [0.25, 0.3) is 0 Å². The standard InChI is InChI=1S/C22H30N4O2/c27-21(26-12-6-7-13-26)20(25-22(28)24-17-8-2-1-3-9-17)14-16-15-23-19-11-5-4-10-18(16)19/h4-5,10-11,15,17,20,23H,1-3,6-9,12-14H2,(H2,24,25,28)/t20-/m0/s1. The van der Waals surface area contributed by atoms with Crippen molar-refractivity contribution in [1.82, 2.24) is 20.5 Å². The number of hydrogen-bond donors (Lipinski definition) is 3. The van der Waals surface area contributed by atoms with E-state index in [4.69, 9.17) is 0 Å². The monoisotopic (exact) mass is 382 g/mol. The van der Waals surface area contributed by atoms with Crippen molar-refractivity contribution in [3.05, 3.63) is 36.0 Å². The molecule has 150 valence electrons. The van der Waals surface area contributed by atoms with Crippen LogP contribution in [0.3, 0.4) is 0 Å². The van der Waals surface area contributed by atoms with Crippen molar-refractivity contribution in [1.29, 1.82) is 0 Å². The zero-order valence-corrected chi connectivity index (χ0v) is 16.4. The largest absolute Gasteiger partial charge is 0.361 e. The Kier molecular flexibility index (Phi) is 5.84. The van der Waals surface area contributed by atoms with Gasteiger partial charge in [0, 0.05) is 42.7 Å². The van der Waals surface area contributed by atoms with Crippen LogP contribution in [-0.4, -0.2) is 47.0 Å². The van der Waals surface area contributed by atoms with E-state index in [9.17, 15) is 9.59 Å². The molecule has 1 saturated heterocycles. The van der Waals surface area contributed by atoms with Crippen LogP contribution < -0.4 is 10.6 Å².